The van der Waals surface area contributed by atoms with Gasteiger partial charge in [-0.2, -0.15) is 0 Å². The Morgan fingerprint density at radius 1 is 0.460 bits per heavy atom. The lowest BCUT2D eigenvalue weighted by molar-refractivity contribution is 0.669. The summed E-state index contributed by atoms with van der Waals surface area (Å²) >= 11 is 0. The van der Waals surface area contributed by atoms with Crippen molar-refractivity contribution >= 4 is 70.9 Å². The van der Waals surface area contributed by atoms with Crippen LogP contribution in [0.3, 0.4) is 0 Å². The average molecular weight is 638 g/mol. The third-order valence-electron chi connectivity index (χ3n) is 10.2. The minimum Gasteiger partial charge on any atom is -0.456 e. The van der Waals surface area contributed by atoms with Gasteiger partial charge >= 0.3 is 0 Å². The highest BCUT2D eigenvalue weighted by Gasteiger charge is 2.17. The Balaban J connectivity index is 1.05. The van der Waals surface area contributed by atoms with Crippen LogP contribution in [-0.2, 0) is 0 Å². The third-order valence-corrected chi connectivity index (χ3v) is 10.2. The summed E-state index contributed by atoms with van der Waals surface area (Å²) in [7, 11) is 0. The van der Waals surface area contributed by atoms with Crippen molar-refractivity contribution in [3.8, 4) is 33.5 Å². The summed E-state index contributed by atoms with van der Waals surface area (Å²) < 4.78 is 8.32. The molecule has 0 atom stereocenters. The van der Waals surface area contributed by atoms with Gasteiger partial charge in [0.25, 0.3) is 0 Å². The number of fused-ring (bicyclic) bond motifs is 12. The SMILES string of the molecule is c1ccc2c(-c3ccc(-c4ccc5c(c4)c4ccccc4c4nc6cc(-c7ccc8oc9ccccc9c8c7)ccn6c54)nc3)cccc2c1. The van der Waals surface area contributed by atoms with Crippen molar-refractivity contribution in [1.29, 1.82) is 0 Å². The van der Waals surface area contributed by atoms with Gasteiger partial charge in [0.05, 0.1) is 16.7 Å². The van der Waals surface area contributed by atoms with E-state index >= 15 is 0 Å². The Bertz CT molecular complexity index is 3140. The number of hydrogen-bond donors (Lipinski definition) is 0. The highest BCUT2D eigenvalue weighted by Crippen LogP contribution is 2.39. The Kier molecular flexibility index (Phi) is 5.63. The van der Waals surface area contributed by atoms with Gasteiger partial charge in [-0.25, -0.2) is 4.98 Å². The summed E-state index contributed by atoms with van der Waals surface area (Å²) in [6, 6.07) is 53.6. The molecule has 0 radical (unpaired) electrons. The van der Waals surface area contributed by atoms with Crippen LogP contribution in [0.4, 0.5) is 0 Å². The molecule has 7 aromatic carbocycles. The van der Waals surface area contributed by atoms with Crippen LogP contribution >= 0.6 is 0 Å². The summed E-state index contributed by atoms with van der Waals surface area (Å²) in [5.74, 6) is 0. The average Bonchev–Trinajstić information content (AvgIpc) is 3.76. The molecule has 232 valence electrons. The first-order valence-corrected chi connectivity index (χ1v) is 16.9. The van der Waals surface area contributed by atoms with E-state index in [1.807, 2.05) is 18.3 Å². The highest BCUT2D eigenvalue weighted by atomic mass is 16.3. The van der Waals surface area contributed by atoms with E-state index in [0.717, 1.165) is 72.0 Å². The van der Waals surface area contributed by atoms with Crippen molar-refractivity contribution in [2.45, 2.75) is 0 Å². The Labute approximate surface area is 286 Å². The fraction of sp³-hybridized carbons (Fsp3) is 0. The number of nitrogens with zero attached hydrogens (tertiary/aromatic N) is 3. The summed E-state index contributed by atoms with van der Waals surface area (Å²) in [6.45, 7) is 0. The molecule has 11 aromatic rings. The fourth-order valence-corrected chi connectivity index (χ4v) is 7.83. The van der Waals surface area contributed by atoms with Crippen LogP contribution in [0.25, 0.3) is 104 Å². The quantitative estimate of drug-likeness (QED) is 0.181. The summed E-state index contributed by atoms with van der Waals surface area (Å²) in [6.07, 6.45) is 4.16. The lowest BCUT2D eigenvalue weighted by atomic mass is 9.96. The second-order valence-corrected chi connectivity index (χ2v) is 13.0. The summed E-state index contributed by atoms with van der Waals surface area (Å²) in [5.41, 5.74) is 11.4. The topological polar surface area (TPSA) is 43.3 Å². The first kappa shape index (κ1) is 27.2. The summed E-state index contributed by atoms with van der Waals surface area (Å²) in [4.78, 5) is 10.2. The standard InChI is InChI=1S/C46H27N3O/c1-2-10-33-28(8-1)9-7-14-34(33)32-17-20-41(47-27-32)31-16-19-38-39(25-31)35-11-3-4-13-37(35)45-46(38)49-23-22-30(26-44(49)48-45)29-18-21-43-40(24-29)36-12-5-6-15-42(36)50-43/h1-27H. The maximum atomic E-state index is 6.09. The van der Waals surface area contributed by atoms with Gasteiger partial charge in [0.15, 0.2) is 0 Å². The normalized spacial score (nSPS) is 12.0. The van der Waals surface area contributed by atoms with Gasteiger partial charge in [0.1, 0.15) is 16.8 Å². The zero-order valence-electron chi connectivity index (χ0n) is 26.8. The van der Waals surface area contributed by atoms with Crippen molar-refractivity contribution in [3.05, 3.63) is 164 Å². The number of aromatic nitrogens is 3. The second-order valence-electron chi connectivity index (χ2n) is 13.0. The molecular weight excluding hydrogens is 611 g/mol. The van der Waals surface area contributed by atoms with Gasteiger partial charge in [-0.1, -0.05) is 109 Å². The molecule has 0 saturated carbocycles. The van der Waals surface area contributed by atoms with E-state index in [9.17, 15) is 0 Å². The molecular formula is C46H27N3O. The first-order valence-electron chi connectivity index (χ1n) is 16.9. The van der Waals surface area contributed by atoms with E-state index in [1.54, 1.807) is 0 Å². The molecule has 11 rings (SSSR count). The number of benzene rings is 7. The minimum absolute atomic E-state index is 0.899. The van der Waals surface area contributed by atoms with Crippen molar-refractivity contribution in [1.82, 2.24) is 14.4 Å². The van der Waals surface area contributed by atoms with Crippen molar-refractivity contribution in [2.24, 2.45) is 0 Å². The number of furan rings is 1. The molecule has 0 N–H and O–H groups in total. The van der Waals surface area contributed by atoms with E-state index in [1.165, 1.54) is 32.5 Å². The molecule has 0 aliphatic heterocycles. The monoisotopic (exact) mass is 637 g/mol. The molecule has 0 aliphatic carbocycles. The zero-order valence-corrected chi connectivity index (χ0v) is 26.8. The molecule has 4 aromatic heterocycles. The molecule has 0 amide bonds. The minimum atomic E-state index is 0.899. The van der Waals surface area contributed by atoms with E-state index in [-0.39, 0.29) is 0 Å². The predicted molar refractivity (Wildman–Crippen MR) is 207 cm³/mol. The van der Waals surface area contributed by atoms with Crippen molar-refractivity contribution in [3.63, 3.8) is 0 Å². The van der Waals surface area contributed by atoms with E-state index < -0.39 is 0 Å². The molecule has 50 heavy (non-hydrogen) atoms. The smallest absolute Gasteiger partial charge is 0.138 e. The lowest BCUT2D eigenvalue weighted by Crippen LogP contribution is -1.90. The number of imidazole rings is 1. The van der Waals surface area contributed by atoms with Crippen LogP contribution < -0.4 is 0 Å². The molecule has 0 bridgehead atoms. The van der Waals surface area contributed by atoms with E-state index in [2.05, 4.69) is 150 Å². The van der Waals surface area contributed by atoms with Crippen LogP contribution in [0.2, 0.25) is 0 Å². The first-order chi connectivity index (χ1) is 24.8. The van der Waals surface area contributed by atoms with Gasteiger partial charge < -0.3 is 4.42 Å². The molecule has 4 heteroatoms. The Hall–Kier alpha value is -6.78. The maximum Gasteiger partial charge on any atom is 0.138 e. The molecule has 0 aliphatic rings. The van der Waals surface area contributed by atoms with Crippen LogP contribution in [0.15, 0.2) is 168 Å². The highest BCUT2D eigenvalue weighted by molar-refractivity contribution is 6.24. The lowest BCUT2D eigenvalue weighted by Gasteiger charge is -2.11. The zero-order chi connectivity index (χ0) is 32.8. The van der Waals surface area contributed by atoms with Crippen molar-refractivity contribution in [2.75, 3.05) is 0 Å². The molecule has 0 unspecified atom stereocenters. The Morgan fingerprint density at radius 3 is 2.08 bits per heavy atom. The van der Waals surface area contributed by atoms with Crippen LogP contribution in [0, 0.1) is 0 Å². The second kappa shape index (κ2) is 10.4. The number of para-hydroxylation sites is 1. The third kappa shape index (κ3) is 3.99. The molecule has 0 saturated heterocycles. The molecule has 4 heterocycles. The predicted octanol–water partition coefficient (Wildman–Crippen LogP) is 12.2. The number of hydrogen-bond acceptors (Lipinski definition) is 3. The van der Waals surface area contributed by atoms with Gasteiger partial charge in [-0.05, 0) is 80.7 Å². The van der Waals surface area contributed by atoms with E-state index in [0.29, 0.717) is 0 Å². The molecule has 0 fully saturated rings. The van der Waals surface area contributed by atoms with Crippen molar-refractivity contribution < 1.29 is 4.42 Å². The number of rotatable bonds is 3. The largest absolute Gasteiger partial charge is 0.456 e. The fourth-order valence-electron chi connectivity index (χ4n) is 7.83. The van der Waals surface area contributed by atoms with Crippen LogP contribution in [-0.4, -0.2) is 14.4 Å². The van der Waals surface area contributed by atoms with Gasteiger partial charge in [-0.15, -0.1) is 0 Å². The van der Waals surface area contributed by atoms with Crippen LogP contribution in [0.1, 0.15) is 0 Å². The maximum absolute atomic E-state index is 6.09. The van der Waals surface area contributed by atoms with Gasteiger partial charge in [-0.3, -0.25) is 9.38 Å². The van der Waals surface area contributed by atoms with E-state index in [4.69, 9.17) is 14.4 Å². The summed E-state index contributed by atoms with van der Waals surface area (Å²) in [5, 5.41) is 9.40. The molecule has 0 spiro atoms. The van der Waals surface area contributed by atoms with Gasteiger partial charge in [0, 0.05) is 45.1 Å². The Morgan fingerprint density at radius 2 is 1.18 bits per heavy atom. The van der Waals surface area contributed by atoms with Gasteiger partial charge in [0.2, 0.25) is 0 Å². The van der Waals surface area contributed by atoms with Crippen LogP contribution in [0.5, 0.6) is 0 Å². The molecule has 4 nitrogen and oxygen atoms in total. The number of pyridine rings is 2.